The Balaban J connectivity index is 0.00000441. The number of esters is 1. The van der Waals surface area contributed by atoms with Crippen LogP contribution in [0.5, 0.6) is 5.75 Å². The second-order valence-electron chi connectivity index (χ2n) is 9.27. The minimum absolute atomic E-state index is 0. The van der Waals surface area contributed by atoms with E-state index in [0.717, 1.165) is 16.5 Å². The second kappa shape index (κ2) is 12.4. The number of hydrogen-bond acceptors (Lipinski definition) is 10. The summed E-state index contributed by atoms with van der Waals surface area (Å²) in [5.41, 5.74) is 2.86. The second-order valence-corrected chi connectivity index (χ2v) is 9.27. The molecule has 0 fully saturated rings. The number of anilines is 3. The van der Waals surface area contributed by atoms with Gasteiger partial charge in [0.2, 0.25) is 5.95 Å². The van der Waals surface area contributed by atoms with Gasteiger partial charge in [-0.1, -0.05) is 25.6 Å². The number of aromatic nitrogens is 3. The minimum Gasteiger partial charge on any atom is -0.494 e. The first-order chi connectivity index (χ1) is 18.6. The molecule has 2 aromatic heterocycles. The van der Waals surface area contributed by atoms with Crippen molar-refractivity contribution >= 4 is 39.9 Å². The first kappa shape index (κ1) is 29.8. The van der Waals surface area contributed by atoms with Crippen molar-refractivity contribution in [1.29, 1.82) is 0 Å². The lowest BCUT2D eigenvalue weighted by atomic mass is 10.1. The van der Waals surface area contributed by atoms with Gasteiger partial charge >= 0.3 is 5.97 Å². The average molecular weight is 550 g/mol. The topological polar surface area (TPSA) is 128 Å². The van der Waals surface area contributed by atoms with Crippen LogP contribution >= 0.6 is 0 Å². The fraction of sp³-hybridized carbons (Fsp3) is 0.321. The van der Waals surface area contributed by atoms with Crippen LogP contribution in [0.4, 0.5) is 23.0 Å². The molecule has 0 bridgehead atoms. The molecule has 0 radical (unpaired) electrons. The standard InChI is InChI=1S/C27H31N7O5.CH4/c1-31(2)11-12-32(3)22-14-24(38-5)20(13-23(22)34(36)37)29-27-28-15-18(26(35)39-6)25(30-27)19-16-33(4)21-10-8-7-9-17(19)21;/h7-10,13-16H,11-12H2,1-6H3,(H,28,29,30);1H4. The highest BCUT2D eigenvalue weighted by molar-refractivity contribution is 6.02. The number of nitro benzene ring substituents is 1. The number of carbonyl (C=O) groups is 1. The van der Waals surface area contributed by atoms with Gasteiger partial charge in [-0.05, 0) is 20.2 Å². The molecule has 1 N–H and O–H groups in total. The third kappa shape index (κ3) is 5.96. The summed E-state index contributed by atoms with van der Waals surface area (Å²) in [5, 5.41) is 15.9. The first-order valence-corrected chi connectivity index (χ1v) is 12.1. The average Bonchev–Trinajstić information content (AvgIpc) is 3.27. The van der Waals surface area contributed by atoms with Gasteiger partial charge in [-0.2, -0.15) is 0 Å². The number of fused-ring (bicyclic) bond motifs is 1. The van der Waals surface area contributed by atoms with Crippen LogP contribution in [0.3, 0.4) is 0 Å². The first-order valence-electron chi connectivity index (χ1n) is 12.1. The SMILES string of the molecule is C.COC(=O)c1cnc(Nc2cc([N+](=O)[O-])c(N(C)CCN(C)C)cc2OC)nc1-c1cn(C)c2ccccc12. The molecule has 0 aliphatic rings. The van der Waals surface area contributed by atoms with Gasteiger partial charge in [0.1, 0.15) is 17.0 Å². The van der Waals surface area contributed by atoms with E-state index in [1.807, 2.05) is 66.0 Å². The number of nitrogens with zero attached hydrogens (tertiary/aromatic N) is 6. The summed E-state index contributed by atoms with van der Waals surface area (Å²) >= 11 is 0. The number of methoxy groups -OCH3 is 2. The van der Waals surface area contributed by atoms with E-state index in [2.05, 4.69) is 15.3 Å². The molecule has 2 heterocycles. The Hall–Kier alpha value is -4.71. The zero-order valence-corrected chi connectivity index (χ0v) is 22.8. The van der Waals surface area contributed by atoms with E-state index in [4.69, 9.17) is 9.47 Å². The summed E-state index contributed by atoms with van der Waals surface area (Å²) < 4.78 is 12.5. The van der Waals surface area contributed by atoms with E-state index < -0.39 is 10.9 Å². The van der Waals surface area contributed by atoms with E-state index in [1.54, 1.807) is 13.1 Å². The highest BCUT2D eigenvalue weighted by atomic mass is 16.6. The number of para-hydroxylation sites is 1. The van der Waals surface area contributed by atoms with Crippen molar-refractivity contribution in [2.45, 2.75) is 7.43 Å². The van der Waals surface area contributed by atoms with Gasteiger partial charge in [-0.25, -0.2) is 14.8 Å². The van der Waals surface area contributed by atoms with Crippen molar-refractivity contribution in [3.8, 4) is 17.0 Å². The van der Waals surface area contributed by atoms with Crippen LogP contribution in [0.25, 0.3) is 22.2 Å². The maximum atomic E-state index is 12.6. The summed E-state index contributed by atoms with van der Waals surface area (Å²) in [5.74, 6) is -0.0747. The van der Waals surface area contributed by atoms with Gasteiger partial charge in [-0.3, -0.25) is 10.1 Å². The Labute approximate surface area is 233 Å². The van der Waals surface area contributed by atoms with Crippen LogP contribution in [0.15, 0.2) is 48.8 Å². The molecule has 0 amide bonds. The van der Waals surface area contributed by atoms with Crippen LogP contribution in [0.1, 0.15) is 17.8 Å². The number of aryl methyl sites for hydroxylation is 1. The van der Waals surface area contributed by atoms with Crippen LogP contribution < -0.4 is 15.0 Å². The van der Waals surface area contributed by atoms with Crippen molar-refractivity contribution in [1.82, 2.24) is 19.4 Å². The van der Waals surface area contributed by atoms with Crippen LogP contribution in [-0.4, -0.2) is 78.8 Å². The fourth-order valence-corrected chi connectivity index (χ4v) is 4.30. The Bertz CT molecular complexity index is 1530. The van der Waals surface area contributed by atoms with E-state index >= 15 is 0 Å². The highest BCUT2D eigenvalue weighted by Gasteiger charge is 2.24. The number of hydrogen-bond donors (Lipinski definition) is 1. The van der Waals surface area contributed by atoms with Gasteiger partial charge in [0, 0.05) is 68.2 Å². The van der Waals surface area contributed by atoms with E-state index in [-0.39, 0.29) is 24.6 Å². The third-order valence-corrected chi connectivity index (χ3v) is 6.38. The van der Waals surface area contributed by atoms with E-state index in [9.17, 15) is 14.9 Å². The number of rotatable bonds is 10. The Morgan fingerprint density at radius 1 is 1.15 bits per heavy atom. The maximum absolute atomic E-state index is 12.6. The molecule has 0 aliphatic carbocycles. The van der Waals surface area contributed by atoms with Gasteiger partial charge < -0.3 is 29.2 Å². The normalized spacial score (nSPS) is 10.8. The Morgan fingerprint density at radius 2 is 1.88 bits per heavy atom. The molecular formula is C28H35N7O5. The number of likely N-dealkylation sites (N-methyl/N-ethyl adjacent to an activating group) is 2. The smallest absolute Gasteiger partial charge is 0.341 e. The number of nitro groups is 1. The highest BCUT2D eigenvalue weighted by Crippen LogP contribution is 2.39. The number of nitrogens with one attached hydrogen (secondary N) is 1. The lowest BCUT2D eigenvalue weighted by Gasteiger charge is -2.22. The molecule has 4 rings (SSSR count). The number of ether oxygens (including phenoxy) is 2. The third-order valence-electron chi connectivity index (χ3n) is 6.38. The molecule has 12 heteroatoms. The zero-order chi connectivity index (χ0) is 28.3. The summed E-state index contributed by atoms with van der Waals surface area (Å²) in [4.78, 5) is 36.9. The molecule has 4 aromatic rings. The fourth-order valence-electron chi connectivity index (χ4n) is 4.30. The number of benzene rings is 2. The van der Waals surface area contributed by atoms with Crippen molar-refractivity contribution in [3.05, 3.63) is 64.5 Å². The molecule has 12 nitrogen and oxygen atoms in total. The quantitative estimate of drug-likeness (QED) is 0.169. The van der Waals surface area contributed by atoms with Gasteiger partial charge in [-0.15, -0.1) is 0 Å². The molecule has 0 atom stereocenters. The molecule has 2 aromatic carbocycles. The minimum atomic E-state index is -0.581. The predicted molar refractivity (Wildman–Crippen MR) is 157 cm³/mol. The summed E-state index contributed by atoms with van der Waals surface area (Å²) in [6, 6.07) is 10.8. The van der Waals surface area contributed by atoms with Crippen LogP contribution in [0, 0.1) is 10.1 Å². The zero-order valence-electron chi connectivity index (χ0n) is 22.8. The largest absolute Gasteiger partial charge is 0.494 e. The molecule has 0 aliphatic heterocycles. The molecule has 0 unspecified atom stereocenters. The van der Waals surface area contributed by atoms with Crippen molar-refractivity contribution in [2.75, 3.05) is 58.7 Å². The predicted octanol–water partition coefficient (Wildman–Crippen LogP) is 4.72. The maximum Gasteiger partial charge on any atom is 0.341 e. The van der Waals surface area contributed by atoms with Crippen LogP contribution in [-0.2, 0) is 11.8 Å². The van der Waals surface area contributed by atoms with Crippen LogP contribution in [0.2, 0.25) is 0 Å². The molecule has 0 saturated carbocycles. The van der Waals surface area contributed by atoms with Crippen molar-refractivity contribution in [2.24, 2.45) is 7.05 Å². The summed E-state index contributed by atoms with van der Waals surface area (Å²) in [7, 11) is 10.4. The Kier molecular flexibility index (Phi) is 9.27. The monoisotopic (exact) mass is 549 g/mol. The molecule has 0 saturated heterocycles. The molecule has 0 spiro atoms. The molecule has 40 heavy (non-hydrogen) atoms. The van der Waals surface area contributed by atoms with Crippen molar-refractivity contribution < 1.29 is 19.2 Å². The van der Waals surface area contributed by atoms with Gasteiger partial charge in [0.05, 0.1) is 30.5 Å². The van der Waals surface area contributed by atoms with Gasteiger partial charge in [0.15, 0.2) is 0 Å². The van der Waals surface area contributed by atoms with E-state index in [1.165, 1.54) is 26.5 Å². The van der Waals surface area contributed by atoms with E-state index in [0.29, 0.717) is 35.9 Å². The lowest BCUT2D eigenvalue weighted by molar-refractivity contribution is -0.384. The lowest BCUT2D eigenvalue weighted by Crippen LogP contribution is -2.29. The molecular weight excluding hydrogens is 514 g/mol. The summed E-state index contributed by atoms with van der Waals surface area (Å²) in [6.45, 7) is 1.30. The Morgan fingerprint density at radius 3 is 2.52 bits per heavy atom. The van der Waals surface area contributed by atoms with Crippen molar-refractivity contribution in [3.63, 3.8) is 0 Å². The summed E-state index contributed by atoms with van der Waals surface area (Å²) in [6.07, 6.45) is 3.26. The van der Waals surface area contributed by atoms with Gasteiger partial charge in [0.25, 0.3) is 5.69 Å². The number of carbonyl (C=O) groups excluding carboxylic acids is 1. The molecule has 212 valence electrons.